The smallest absolute Gasteiger partial charge is 0.142 e. The molecule has 1 aromatic rings. The quantitative estimate of drug-likeness (QED) is 0.911. The Kier molecular flexibility index (Phi) is 3.95. The number of nitrogens with two attached hydrogens (primary N) is 1. The summed E-state index contributed by atoms with van der Waals surface area (Å²) in [6.07, 6.45) is 3.92. The summed E-state index contributed by atoms with van der Waals surface area (Å²) in [6, 6.07) is 1.89. The second-order valence-corrected chi connectivity index (χ2v) is 6.25. The standard InChI is InChI=1S/C12H17BrClN3/c1-12(8-15)2-4-17(5-3-12)11-10(13)6-9(14)7-16-11/h6-7H,2-5,8,15H2,1H3. The fraction of sp³-hybridized carbons (Fsp3) is 0.583. The second-order valence-electron chi connectivity index (χ2n) is 4.96. The first-order valence-corrected chi connectivity index (χ1v) is 6.97. The normalized spacial score (nSPS) is 19.4. The van der Waals surface area contributed by atoms with Crippen LogP contribution in [-0.4, -0.2) is 24.6 Å². The molecule has 0 saturated carbocycles. The third-order valence-electron chi connectivity index (χ3n) is 3.55. The molecule has 0 bridgehead atoms. The summed E-state index contributed by atoms with van der Waals surface area (Å²) in [5, 5.41) is 0.657. The van der Waals surface area contributed by atoms with E-state index in [2.05, 4.69) is 32.7 Å². The maximum atomic E-state index is 5.90. The van der Waals surface area contributed by atoms with Crippen LogP contribution in [0.3, 0.4) is 0 Å². The molecular weight excluding hydrogens is 302 g/mol. The van der Waals surface area contributed by atoms with Crippen molar-refractivity contribution in [1.29, 1.82) is 0 Å². The van der Waals surface area contributed by atoms with Crippen molar-refractivity contribution in [1.82, 2.24) is 4.98 Å². The van der Waals surface area contributed by atoms with E-state index in [0.717, 1.165) is 42.8 Å². The minimum atomic E-state index is 0.287. The minimum Gasteiger partial charge on any atom is -0.356 e. The van der Waals surface area contributed by atoms with E-state index in [1.165, 1.54) is 0 Å². The second kappa shape index (κ2) is 5.12. The van der Waals surface area contributed by atoms with Gasteiger partial charge in [-0.3, -0.25) is 0 Å². The lowest BCUT2D eigenvalue weighted by atomic mass is 9.80. The van der Waals surface area contributed by atoms with E-state index in [9.17, 15) is 0 Å². The number of anilines is 1. The average molecular weight is 319 g/mol. The van der Waals surface area contributed by atoms with Gasteiger partial charge in [-0.05, 0) is 46.8 Å². The predicted octanol–water partition coefficient (Wildman–Crippen LogP) is 3.06. The van der Waals surface area contributed by atoms with Crippen LogP contribution in [0.15, 0.2) is 16.7 Å². The van der Waals surface area contributed by atoms with Crippen LogP contribution in [0.2, 0.25) is 5.02 Å². The lowest BCUT2D eigenvalue weighted by Crippen LogP contribution is -2.42. The van der Waals surface area contributed by atoms with Gasteiger partial charge in [0, 0.05) is 19.3 Å². The molecule has 0 aliphatic carbocycles. The van der Waals surface area contributed by atoms with Gasteiger partial charge in [0.05, 0.1) is 9.50 Å². The Morgan fingerprint density at radius 3 is 2.71 bits per heavy atom. The van der Waals surface area contributed by atoms with Crippen molar-refractivity contribution in [3.8, 4) is 0 Å². The molecule has 1 fully saturated rings. The number of nitrogens with zero attached hydrogens (tertiary/aromatic N) is 2. The van der Waals surface area contributed by atoms with Gasteiger partial charge in [-0.1, -0.05) is 18.5 Å². The van der Waals surface area contributed by atoms with Gasteiger partial charge < -0.3 is 10.6 Å². The zero-order valence-corrected chi connectivity index (χ0v) is 12.3. The first-order valence-electron chi connectivity index (χ1n) is 5.80. The summed E-state index contributed by atoms with van der Waals surface area (Å²) in [6.45, 7) is 5.02. The van der Waals surface area contributed by atoms with Gasteiger partial charge in [-0.25, -0.2) is 4.98 Å². The number of halogens is 2. The van der Waals surface area contributed by atoms with Crippen LogP contribution in [0.5, 0.6) is 0 Å². The van der Waals surface area contributed by atoms with Gasteiger partial charge >= 0.3 is 0 Å². The van der Waals surface area contributed by atoms with E-state index in [0.29, 0.717) is 5.02 Å². The highest BCUT2D eigenvalue weighted by molar-refractivity contribution is 9.10. The maximum Gasteiger partial charge on any atom is 0.142 e. The number of hydrogen-bond acceptors (Lipinski definition) is 3. The summed E-state index contributed by atoms with van der Waals surface area (Å²) in [5.74, 6) is 0.980. The largest absolute Gasteiger partial charge is 0.356 e. The number of rotatable bonds is 2. The Morgan fingerprint density at radius 1 is 1.53 bits per heavy atom. The Morgan fingerprint density at radius 2 is 2.18 bits per heavy atom. The van der Waals surface area contributed by atoms with Crippen LogP contribution in [-0.2, 0) is 0 Å². The molecule has 0 aromatic carbocycles. The molecule has 0 radical (unpaired) electrons. The Balaban J connectivity index is 2.10. The summed E-state index contributed by atoms with van der Waals surface area (Å²) < 4.78 is 0.960. The van der Waals surface area contributed by atoms with Crippen LogP contribution >= 0.6 is 27.5 Å². The summed E-state index contributed by atoms with van der Waals surface area (Å²) in [7, 11) is 0. The van der Waals surface area contributed by atoms with Crippen molar-refractivity contribution >= 4 is 33.3 Å². The number of pyridine rings is 1. The summed E-state index contributed by atoms with van der Waals surface area (Å²) in [5.41, 5.74) is 6.10. The van der Waals surface area contributed by atoms with Crippen LogP contribution in [0.1, 0.15) is 19.8 Å². The SMILES string of the molecule is CC1(CN)CCN(c2ncc(Cl)cc2Br)CC1. The maximum absolute atomic E-state index is 5.90. The summed E-state index contributed by atoms with van der Waals surface area (Å²) in [4.78, 5) is 6.68. The predicted molar refractivity (Wildman–Crippen MR) is 75.6 cm³/mol. The minimum absolute atomic E-state index is 0.287. The molecule has 1 aliphatic heterocycles. The van der Waals surface area contributed by atoms with Crippen molar-refractivity contribution < 1.29 is 0 Å². The lowest BCUT2D eigenvalue weighted by Gasteiger charge is -2.39. The zero-order chi connectivity index (χ0) is 12.5. The third-order valence-corrected chi connectivity index (χ3v) is 4.34. The van der Waals surface area contributed by atoms with E-state index in [-0.39, 0.29) is 5.41 Å². The van der Waals surface area contributed by atoms with Crippen molar-refractivity contribution in [3.05, 3.63) is 21.8 Å². The van der Waals surface area contributed by atoms with Crippen molar-refractivity contribution in [2.45, 2.75) is 19.8 Å². The molecule has 1 saturated heterocycles. The van der Waals surface area contributed by atoms with E-state index in [4.69, 9.17) is 17.3 Å². The van der Waals surface area contributed by atoms with E-state index in [1.807, 2.05) is 6.07 Å². The lowest BCUT2D eigenvalue weighted by molar-refractivity contribution is 0.258. The van der Waals surface area contributed by atoms with Crippen LogP contribution in [0, 0.1) is 5.41 Å². The molecule has 94 valence electrons. The molecule has 0 unspecified atom stereocenters. The van der Waals surface area contributed by atoms with Crippen molar-refractivity contribution in [2.24, 2.45) is 11.1 Å². The Labute approximate surface area is 115 Å². The Hall–Kier alpha value is -0.320. The molecular formula is C12H17BrClN3. The fourth-order valence-electron chi connectivity index (χ4n) is 2.10. The molecule has 2 rings (SSSR count). The highest BCUT2D eigenvalue weighted by Gasteiger charge is 2.29. The van der Waals surface area contributed by atoms with E-state index >= 15 is 0 Å². The number of hydrogen-bond donors (Lipinski definition) is 1. The van der Waals surface area contributed by atoms with Crippen LogP contribution in [0.4, 0.5) is 5.82 Å². The molecule has 1 aliphatic rings. The monoisotopic (exact) mass is 317 g/mol. The summed E-state index contributed by atoms with van der Waals surface area (Å²) >= 11 is 9.41. The van der Waals surface area contributed by atoms with Crippen molar-refractivity contribution in [2.75, 3.05) is 24.5 Å². The molecule has 0 spiro atoms. The topological polar surface area (TPSA) is 42.1 Å². The van der Waals surface area contributed by atoms with Crippen LogP contribution < -0.4 is 10.6 Å². The van der Waals surface area contributed by atoms with Gasteiger partial charge in [-0.2, -0.15) is 0 Å². The molecule has 17 heavy (non-hydrogen) atoms. The van der Waals surface area contributed by atoms with Gasteiger partial charge in [0.1, 0.15) is 5.82 Å². The van der Waals surface area contributed by atoms with E-state index in [1.54, 1.807) is 6.20 Å². The van der Waals surface area contributed by atoms with Gasteiger partial charge in [0.15, 0.2) is 0 Å². The zero-order valence-electron chi connectivity index (χ0n) is 9.92. The molecule has 5 heteroatoms. The van der Waals surface area contributed by atoms with Gasteiger partial charge in [-0.15, -0.1) is 0 Å². The highest BCUT2D eigenvalue weighted by Crippen LogP contribution is 2.34. The molecule has 2 N–H and O–H groups in total. The third kappa shape index (κ3) is 2.92. The number of piperidine rings is 1. The van der Waals surface area contributed by atoms with Gasteiger partial charge in [0.25, 0.3) is 0 Å². The van der Waals surface area contributed by atoms with E-state index < -0.39 is 0 Å². The molecule has 1 aromatic heterocycles. The fourth-order valence-corrected chi connectivity index (χ4v) is 2.99. The number of aromatic nitrogens is 1. The first-order chi connectivity index (χ1) is 8.04. The molecule has 3 nitrogen and oxygen atoms in total. The highest BCUT2D eigenvalue weighted by atomic mass is 79.9. The Bertz CT molecular complexity index is 403. The molecule has 0 atom stereocenters. The molecule has 2 heterocycles. The first kappa shape index (κ1) is 13.1. The van der Waals surface area contributed by atoms with Crippen LogP contribution in [0.25, 0.3) is 0 Å². The molecule has 0 amide bonds. The average Bonchev–Trinajstić information content (AvgIpc) is 2.31. The van der Waals surface area contributed by atoms with Gasteiger partial charge in [0.2, 0.25) is 0 Å². The van der Waals surface area contributed by atoms with Crippen molar-refractivity contribution in [3.63, 3.8) is 0 Å².